The van der Waals surface area contributed by atoms with Crippen molar-refractivity contribution in [2.45, 2.75) is 6.54 Å². The van der Waals surface area contributed by atoms with Gasteiger partial charge in [0.25, 0.3) is 5.91 Å². The number of carbonyl (C=O) groups is 1. The van der Waals surface area contributed by atoms with E-state index in [-0.39, 0.29) is 5.91 Å². The predicted octanol–water partition coefficient (Wildman–Crippen LogP) is 2.14. The summed E-state index contributed by atoms with van der Waals surface area (Å²) in [7, 11) is 3.97. The van der Waals surface area contributed by atoms with Crippen LogP contribution in [0.5, 0.6) is 0 Å². The minimum atomic E-state index is -0.134. The molecule has 5 heteroatoms. The topological polar surface area (TPSA) is 45.2 Å². The van der Waals surface area contributed by atoms with Gasteiger partial charge in [0.05, 0.1) is 5.51 Å². The van der Waals surface area contributed by atoms with Gasteiger partial charge < -0.3 is 10.2 Å². The van der Waals surface area contributed by atoms with Crippen molar-refractivity contribution in [3.8, 4) is 0 Å². The molecule has 2 aromatic rings. The Morgan fingerprint density at radius 3 is 2.83 bits per heavy atom. The Bertz CT molecular complexity index is 523. The summed E-state index contributed by atoms with van der Waals surface area (Å²) in [6.45, 7) is 0.505. The van der Waals surface area contributed by atoms with Crippen molar-refractivity contribution in [1.29, 1.82) is 0 Å². The molecule has 0 aliphatic heterocycles. The Kier molecular flexibility index (Phi) is 3.94. The quantitative estimate of drug-likeness (QED) is 0.917. The van der Waals surface area contributed by atoms with E-state index in [1.165, 1.54) is 11.3 Å². The maximum Gasteiger partial charge on any atom is 0.271 e. The Hall–Kier alpha value is -1.88. The molecule has 0 spiro atoms. The van der Waals surface area contributed by atoms with E-state index in [1.807, 2.05) is 43.3 Å². The molecule has 0 atom stereocenters. The number of hydrogen-bond acceptors (Lipinski definition) is 4. The van der Waals surface area contributed by atoms with E-state index in [0.717, 1.165) is 11.3 Å². The van der Waals surface area contributed by atoms with Gasteiger partial charge in [0, 0.05) is 31.7 Å². The van der Waals surface area contributed by atoms with E-state index in [2.05, 4.69) is 10.3 Å². The van der Waals surface area contributed by atoms with Gasteiger partial charge in [0.1, 0.15) is 5.69 Å². The molecule has 0 radical (unpaired) electrons. The van der Waals surface area contributed by atoms with Gasteiger partial charge in [-0.15, -0.1) is 11.3 Å². The summed E-state index contributed by atoms with van der Waals surface area (Å²) >= 11 is 1.42. The third-order valence-electron chi connectivity index (χ3n) is 2.58. The summed E-state index contributed by atoms with van der Waals surface area (Å²) in [5.74, 6) is -0.134. The van der Waals surface area contributed by atoms with Crippen LogP contribution in [-0.2, 0) is 6.54 Å². The van der Waals surface area contributed by atoms with Crippen LogP contribution in [0.2, 0.25) is 0 Å². The maximum absolute atomic E-state index is 11.8. The van der Waals surface area contributed by atoms with Crippen LogP contribution >= 0.6 is 11.3 Å². The van der Waals surface area contributed by atoms with Crippen molar-refractivity contribution in [2.24, 2.45) is 0 Å². The second kappa shape index (κ2) is 5.64. The fourth-order valence-corrected chi connectivity index (χ4v) is 2.22. The van der Waals surface area contributed by atoms with E-state index in [0.29, 0.717) is 12.2 Å². The molecule has 0 unspecified atom stereocenters. The van der Waals surface area contributed by atoms with E-state index in [1.54, 1.807) is 10.9 Å². The minimum absolute atomic E-state index is 0.134. The number of rotatable bonds is 4. The molecule has 0 saturated carbocycles. The van der Waals surface area contributed by atoms with Crippen molar-refractivity contribution in [3.63, 3.8) is 0 Å². The number of benzene rings is 1. The van der Waals surface area contributed by atoms with Crippen molar-refractivity contribution in [1.82, 2.24) is 10.3 Å². The van der Waals surface area contributed by atoms with Gasteiger partial charge in [-0.1, -0.05) is 18.2 Å². The fraction of sp³-hybridized carbons (Fsp3) is 0.231. The first-order chi connectivity index (χ1) is 8.68. The SMILES string of the molecule is CN(C)c1ccccc1CNC(=O)c1cscn1. The van der Waals surface area contributed by atoms with Gasteiger partial charge in [-0.2, -0.15) is 0 Å². The normalized spacial score (nSPS) is 10.1. The molecule has 4 nitrogen and oxygen atoms in total. The molecule has 2 rings (SSSR count). The molecular formula is C13H15N3OS. The molecule has 0 aliphatic carbocycles. The van der Waals surface area contributed by atoms with Crippen LogP contribution in [0.1, 0.15) is 16.1 Å². The molecule has 18 heavy (non-hydrogen) atoms. The highest BCUT2D eigenvalue weighted by Gasteiger charge is 2.09. The van der Waals surface area contributed by atoms with Crippen LogP contribution in [0.25, 0.3) is 0 Å². The number of amides is 1. The zero-order valence-electron chi connectivity index (χ0n) is 10.4. The number of hydrogen-bond donors (Lipinski definition) is 1. The first-order valence-electron chi connectivity index (χ1n) is 5.60. The second-order valence-corrected chi connectivity index (χ2v) is 4.80. The number of nitrogens with zero attached hydrogens (tertiary/aromatic N) is 2. The molecule has 1 N–H and O–H groups in total. The zero-order chi connectivity index (χ0) is 13.0. The van der Waals surface area contributed by atoms with Crippen molar-refractivity contribution < 1.29 is 4.79 Å². The first-order valence-corrected chi connectivity index (χ1v) is 6.54. The molecule has 1 heterocycles. The lowest BCUT2D eigenvalue weighted by atomic mass is 10.1. The van der Waals surface area contributed by atoms with E-state index in [9.17, 15) is 4.79 Å². The molecule has 0 aliphatic rings. The average Bonchev–Trinajstić information content (AvgIpc) is 2.90. The van der Waals surface area contributed by atoms with Crippen molar-refractivity contribution in [2.75, 3.05) is 19.0 Å². The first kappa shape index (κ1) is 12.6. The summed E-state index contributed by atoms with van der Waals surface area (Å²) in [5.41, 5.74) is 4.33. The number of nitrogens with one attached hydrogen (secondary N) is 1. The predicted molar refractivity (Wildman–Crippen MR) is 74.1 cm³/mol. The van der Waals surface area contributed by atoms with Crippen LogP contribution in [0.15, 0.2) is 35.2 Å². The highest BCUT2D eigenvalue weighted by Crippen LogP contribution is 2.17. The maximum atomic E-state index is 11.8. The lowest BCUT2D eigenvalue weighted by Gasteiger charge is -2.17. The van der Waals surface area contributed by atoms with Gasteiger partial charge in [-0.05, 0) is 11.6 Å². The Morgan fingerprint density at radius 2 is 2.17 bits per heavy atom. The van der Waals surface area contributed by atoms with Crippen LogP contribution in [-0.4, -0.2) is 25.0 Å². The Balaban J connectivity index is 2.04. The van der Waals surface area contributed by atoms with Crippen molar-refractivity contribution >= 4 is 22.9 Å². The monoisotopic (exact) mass is 261 g/mol. The summed E-state index contributed by atoms with van der Waals surface area (Å²) in [6.07, 6.45) is 0. The third-order valence-corrected chi connectivity index (χ3v) is 3.16. The van der Waals surface area contributed by atoms with E-state index >= 15 is 0 Å². The van der Waals surface area contributed by atoms with Gasteiger partial charge in [0.15, 0.2) is 0 Å². The second-order valence-electron chi connectivity index (χ2n) is 4.08. The molecule has 94 valence electrons. The van der Waals surface area contributed by atoms with Crippen LogP contribution in [0, 0.1) is 0 Å². The number of aromatic nitrogens is 1. The molecule has 1 amide bonds. The zero-order valence-corrected chi connectivity index (χ0v) is 11.2. The van der Waals surface area contributed by atoms with E-state index < -0.39 is 0 Å². The lowest BCUT2D eigenvalue weighted by Crippen LogP contribution is -2.24. The molecule has 1 aromatic carbocycles. The Morgan fingerprint density at radius 1 is 1.39 bits per heavy atom. The molecular weight excluding hydrogens is 246 g/mol. The van der Waals surface area contributed by atoms with Crippen LogP contribution in [0.4, 0.5) is 5.69 Å². The summed E-state index contributed by atoms with van der Waals surface area (Å²) in [5, 5.41) is 4.62. The average molecular weight is 261 g/mol. The van der Waals surface area contributed by atoms with Gasteiger partial charge in [-0.3, -0.25) is 4.79 Å². The third kappa shape index (κ3) is 2.87. The number of anilines is 1. The minimum Gasteiger partial charge on any atom is -0.377 e. The van der Waals surface area contributed by atoms with Gasteiger partial charge in [0.2, 0.25) is 0 Å². The highest BCUT2D eigenvalue weighted by atomic mass is 32.1. The lowest BCUT2D eigenvalue weighted by molar-refractivity contribution is 0.0946. The summed E-state index contributed by atoms with van der Waals surface area (Å²) < 4.78 is 0. The van der Waals surface area contributed by atoms with E-state index in [4.69, 9.17) is 0 Å². The van der Waals surface area contributed by atoms with Gasteiger partial charge >= 0.3 is 0 Å². The highest BCUT2D eigenvalue weighted by molar-refractivity contribution is 7.07. The van der Waals surface area contributed by atoms with Crippen molar-refractivity contribution in [3.05, 3.63) is 46.4 Å². The van der Waals surface area contributed by atoms with Crippen LogP contribution in [0.3, 0.4) is 0 Å². The number of para-hydroxylation sites is 1. The standard InChI is InChI=1S/C13H15N3OS/c1-16(2)12-6-4-3-5-10(12)7-14-13(17)11-8-18-9-15-11/h3-6,8-9H,7H2,1-2H3,(H,14,17). The number of carbonyl (C=O) groups excluding carboxylic acids is 1. The number of thiazole rings is 1. The smallest absolute Gasteiger partial charge is 0.271 e. The van der Waals surface area contributed by atoms with Gasteiger partial charge in [-0.25, -0.2) is 4.98 Å². The molecule has 1 aromatic heterocycles. The largest absolute Gasteiger partial charge is 0.377 e. The van der Waals surface area contributed by atoms with Crippen LogP contribution < -0.4 is 10.2 Å². The fourth-order valence-electron chi connectivity index (χ4n) is 1.69. The molecule has 0 bridgehead atoms. The summed E-state index contributed by atoms with van der Waals surface area (Å²) in [6, 6.07) is 8.00. The molecule has 0 saturated heterocycles. The Labute approximate surface area is 110 Å². The molecule has 0 fully saturated rings. The summed E-state index contributed by atoms with van der Waals surface area (Å²) in [4.78, 5) is 17.8.